The summed E-state index contributed by atoms with van der Waals surface area (Å²) in [5.74, 6) is 0.868. The second kappa shape index (κ2) is 6.39. The third-order valence-corrected chi connectivity index (χ3v) is 7.78. The molecule has 3 heterocycles. The molecular formula is C19H25N3O3S. The Balaban J connectivity index is 1.56. The third kappa shape index (κ3) is 2.93. The topological polar surface area (TPSA) is 75.3 Å². The first-order valence-electron chi connectivity index (χ1n) is 9.14. The minimum atomic E-state index is -3.53. The highest BCUT2D eigenvalue weighted by molar-refractivity contribution is 7.89. The number of aromatic nitrogens is 2. The van der Waals surface area contributed by atoms with Crippen LogP contribution in [-0.4, -0.2) is 41.1 Å². The number of hydrogen-bond donors (Lipinski definition) is 1. The molecule has 1 N–H and O–H groups in total. The number of aryl methyl sites for hydroxylation is 3. The van der Waals surface area contributed by atoms with Crippen molar-refractivity contribution in [3.8, 4) is 5.75 Å². The number of fused-ring (bicyclic) bond motifs is 2. The maximum atomic E-state index is 13.3. The number of nitrogens with one attached hydrogen (secondary N) is 1. The monoisotopic (exact) mass is 375 g/mol. The lowest BCUT2D eigenvalue weighted by atomic mass is 10.0. The molecule has 2 bridgehead atoms. The van der Waals surface area contributed by atoms with Gasteiger partial charge in [0.1, 0.15) is 16.7 Å². The van der Waals surface area contributed by atoms with Crippen molar-refractivity contribution in [2.75, 3.05) is 0 Å². The zero-order valence-electron chi connectivity index (χ0n) is 15.4. The molecule has 0 radical (unpaired) electrons. The lowest BCUT2D eigenvalue weighted by molar-refractivity contribution is 0.0956. The van der Waals surface area contributed by atoms with Crippen LogP contribution in [0, 0.1) is 20.8 Å². The van der Waals surface area contributed by atoms with E-state index in [2.05, 4.69) is 10.2 Å². The van der Waals surface area contributed by atoms with Crippen LogP contribution in [0.25, 0.3) is 0 Å². The summed E-state index contributed by atoms with van der Waals surface area (Å²) in [5.41, 5.74) is 2.32. The van der Waals surface area contributed by atoms with Gasteiger partial charge in [0.2, 0.25) is 10.0 Å². The number of nitrogens with zero attached hydrogens (tertiary/aromatic N) is 2. The summed E-state index contributed by atoms with van der Waals surface area (Å²) < 4.78 is 34.5. The van der Waals surface area contributed by atoms with Gasteiger partial charge in [-0.25, -0.2) is 8.42 Å². The largest absolute Gasteiger partial charge is 0.490 e. The van der Waals surface area contributed by atoms with E-state index in [0.717, 1.165) is 37.0 Å². The average molecular weight is 375 g/mol. The molecule has 2 saturated heterocycles. The maximum absolute atomic E-state index is 13.3. The highest BCUT2D eigenvalue weighted by atomic mass is 32.2. The summed E-state index contributed by atoms with van der Waals surface area (Å²) in [7, 11) is -3.53. The molecule has 0 saturated carbocycles. The van der Waals surface area contributed by atoms with Crippen LogP contribution in [0.15, 0.2) is 29.2 Å². The van der Waals surface area contributed by atoms with Crippen molar-refractivity contribution >= 4 is 10.0 Å². The van der Waals surface area contributed by atoms with E-state index < -0.39 is 10.0 Å². The molecule has 7 heteroatoms. The fourth-order valence-corrected chi connectivity index (χ4v) is 6.71. The summed E-state index contributed by atoms with van der Waals surface area (Å²) in [6, 6.07) is 8.04. The van der Waals surface area contributed by atoms with Crippen molar-refractivity contribution in [1.82, 2.24) is 14.5 Å². The Morgan fingerprint density at radius 3 is 2.42 bits per heavy atom. The summed E-state index contributed by atoms with van der Waals surface area (Å²) in [6.07, 6.45) is 3.33. The molecule has 1 aromatic heterocycles. The minimum Gasteiger partial charge on any atom is -0.490 e. The molecule has 26 heavy (non-hydrogen) atoms. The van der Waals surface area contributed by atoms with Gasteiger partial charge < -0.3 is 4.74 Å². The zero-order valence-corrected chi connectivity index (χ0v) is 16.2. The van der Waals surface area contributed by atoms with E-state index in [0.29, 0.717) is 16.3 Å². The SMILES string of the molecule is Cc1cccc(O[C@@H]2C[C@H]3CC[C@@H](C2)N3S(=O)(=O)c2c(C)n[nH]c2C)c1. The quantitative estimate of drug-likeness (QED) is 0.891. The molecule has 0 amide bonds. The maximum Gasteiger partial charge on any atom is 0.247 e. The minimum absolute atomic E-state index is 0.00209. The Labute approximate surface area is 154 Å². The van der Waals surface area contributed by atoms with E-state index in [-0.39, 0.29) is 18.2 Å². The second-order valence-electron chi connectivity index (χ2n) is 7.51. The molecule has 2 aliphatic rings. The number of benzene rings is 1. The van der Waals surface area contributed by atoms with Crippen molar-refractivity contribution in [2.24, 2.45) is 0 Å². The first kappa shape index (κ1) is 17.5. The summed E-state index contributed by atoms with van der Waals surface area (Å²) in [4.78, 5) is 0.340. The van der Waals surface area contributed by atoms with Gasteiger partial charge >= 0.3 is 0 Å². The Bertz CT molecular complexity index is 888. The van der Waals surface area contributed by atoms with Crippen molar-refractivity contribution < 1.29 is 13.2 Å². The summed E-state index contributed by atoms with van der Waals surface area (Å²) >= 11 is 0. The zero-order chi connectivity index (χ0) is 18.5. The molecule has 0 aliphatic carbocycles. The fraction of sp³-hybridized carbons (Fsp3) is 0.526. The molecule has 2 aliphatic heterocycles. The predicted molar refractivity (Wildman–Crippen MR) is 98.7 cm³/mol. The standard InChI is InChI=1S/C19H25N3O3S/c1-12-5-4-6-17(9-12)25-18-10-15-7-8-16(11-18)22(15)26(23,24)19-13(2)20-21-14(19)3/h4-6,9,15-16,18H,7-8,10-11H2,1-3H3,(H,20,21)/t15-,16+,18-. The molecule has 0 unspecified atom stereocenters. The fourth-order valence-electron chi connectivity index (χ4n) is 4.48. The number of sulfonamides is 1. The highest BCUT2D eigenvalue weighted by Crippen LogP contribution is 2.41. The Morgan fingerprint density at radius 2 is 1.85 bits per heavy atom. The van der Waals surface area contributed by atoms with Crippen LogP contribution in [0.2, 0.25) is 0 Å². The first-order valence-corrected chi connectivity index (χ1v) is 10.6. The molecule has 3 atom stereocenters. The molecule has 0 spiro atoms. The smallest absolute Gasteiger partial charge is 0.247 e. The second-order valence-corrected chi connectivity index (χ2v) is 9.29. The van der Waals surface area contributed by atoms with Crippen LogP contribution in [0.4, 0.5) is 0 Å². The molecule has 4 rings (SSSR count). The molecule has 2 fully saturated rings. The number of hydrogen-bond acceptors (Lipinski definition) is 4. The predicted octanol–water partition coefficient (Wildman–Crippen LogP) is 3.10. The summed E-state index contributed by atoms with van der Waals surface area (Å²) in [5, 5.41) is 6.87. The van der Waals surface area contributed by atoms with Gasteiger partial charge in [0.05, 0.1) is 11.4 Å². The highest BCUT2D eigenvalue weighted by Gasteiger charge is 2.48. The number of piperidine rings is 1. The van der Waals surface area contributed by atoms with E-state index in [1.165, 1.54) is 0 Å². The van der Waals surface area contributed by atoms with Gasteiger partial charge in [-0.1, -0.05) is 12.1 Å². The van der Waals surface area contributed by atoms with E-state index >= 15 is 0 Å². The molecule has 140 valence electrons. The summed E-state index contributed by atoms with van der Waals surface area (Å²) in [6.45, 7) is 5.55. The van der Waals surface area contributed by atoms with Crippen LogP contribution in [-0.2, 0) is 10.0 Å². The molecule has 1 aromatic carbocycles. The van der Waals surface area contributed by atoms with Crippen LogP contribution < -0.4 is 4.74 Å². The average Bonchev–Trinajstić information content (AvgIpc) is 3.05. The van der Waals surface area contributed by atoms with Crippen LogP contribution in [0.5, 0.6) is 5.75 Å². The van der Waals surface area contributed by atoms with Crippen LogP contribution in [0.1, 0.15) is 42.6 Å². The van der Waals surface area contributed by atoms with Crippen molar-refractivity contribution in [2.45, 2.75) is 69.5 Å². The Hall–Kier alpha value is -1.86. The van der Waals surface area contributed by atoms with Gasteiger partial charge in [0, 0.05) is 24.9 Å². The van der Waals surface area contributed by atoms with Crippen molar-refractivity contribution in [1.29, 1.82) is 0 Å². The molecule has 6 nitrogen and oxygen atoms in total. The lowest BCUT2D eigenvalue weighted by Gasteiger charge is -2.37. The van der Waals surface area contributed by atoms with Gasteiger partial charge in [0.15, 0.2) is 0 Å². The lowest BCUT2D eigenvalue weighted by Crippen LogP contribution is -2.49. The normalized spacial score (nSPS) is 26.2. The van der Waals surface area contributed by atoms with E-state index in [4.69, 9.17) is 4.74 Å². The van der Waals surface area contributed by atoms with Crippen molar-refractivity contribution in [3.05, 3.63) is 41.2 Å². The van der Waals surface area contributed by atoms with E-state index in [9.17, 15) is 8.42 Å². The van der Waals surface area contributed by atoms with E-state index in [1.807, 2.05) is 31.2 Å². The number of H-pyrrole nitrogens is 1. The van der Waals surface area contributed by atoms with E-state index in [1.54, 1.807) is 18.2 Å². The van der Waals surface area contributed by atoms with Gasteiger partial charge in [0.25, 0.3) is 0 Å². The number of ether oxygens (including phenoxy) is 1. The van der Waals surface area contributed by atoms with Crippen molar-refractivity contribution in [3.63, 3.8) is 0 Å². The third-order valence-electron chi connectivity index (χ3n) is 5.51. The van der Waals surface area contributed by atoms with Crippen LogP contribution >= 0.6 is 0 Å². The van der Waals surface area contributed by atoms with Crippen LogP contribution in [0.3, 0.4) is 0 Å². The van der Waals surface area contributed by atoms with Gasteiger partial charge in [-0.3, -0.25) is 5.10 Å². The number of aromatic amines is 1. The Morgan fingerprint density at radius 1 is 1.15 bits per heavy atom. The first-order chi connectivity index (χ1) is 12.4. The molecular weight excluding hydrogens is 350 g/mol. The Kier molecular flexibility index (Phi) is 4.31. The van der Waals surface area contributed by atoms with Gasteiger partial charge in [-0.15, -0.1) is 0 Å². The van der Waals surface area contributed by atoms with Gasteiger partial charge in [-0.2, -0.15) is 9.40 Å². The molecule has 2 aromatic rings. The van der Waals surface area contributed by atoms with Gasteiger partial charge in [-0.05, 0) is 51.3 Å². The number of rotatable bonds is 4.